The van der Waals surface area contributed by atoms with Crippen LogP contribution in [-0.4, -0.2) is 45.3 Å². The van der Waals surface area contributed by atoms with Gasteiger partial charge in [-0.25, -0.2) is 14.8 Å². The molecule has 0 aliphatic heterocycles. The number of anilines is 1. The van der Waals surface area contributed by atoms with Gasteiger partial charge in [0.25, 0.3) is 5.91 Å². The first kappa shape index (κ1) is 22.4. The third kappa shape index (κ3) is 5.08. The number of nitrogens with zero attached hydrogens (tertiary/aromatic N) is 3. The molecular weight excluding hydrogens is 418 g/mol. The van der Waals surface area contributed by atoms with Gasteiger partial charge in [0.2, 0.25) is 5.91 Å². The molecule has 0 aliphatic rings. The molecule has 0 saturated carbocycles. The Morgan fingerprint density at radius 2 is 1.94 bits per heavy atom. The third-order valence-corrected chi connectivity index (χ3v) is 5.66. The molecule has 0 fully saturated rings. The quantitative estimate of drug-likeness (QED) is 0.408. The Morgan fingerprint density at radius 1 is 1.16 bits per heavy atom. The fourth-order valence-electron chi connectivity index (χ4n) is 3.14. The molecule has 0 unspecified atom stereocenters. The summed E-state index contributed by atoms with van der Waals surface area (Å²) in [4.78, 5) is 45.7. The predicted molar refractivity (Wildman–Crippen MR) is 118 cm³/mol. The minimum Gasteiger partial charge on any atom is -0.462 e. The number of carbonyl (C=O) groups is 3. The molecule has 0 aromatic carbocycles. The minimum absolute atomic E-state index is 0.207. The van der Waals surface area contributed by atoms with Crippen molar-refractivity contribution in [1.29, 1.82) is 0 Å². The van der Waals surface area contributed by atoms with E-state index < -0.39 is 5.97 Å². The Morgan fingerprint density at radius 3 is 2.68 bits per heavy atom. The number of pyridine rings is 1. The molecule has 2 N–H and O–H groups in total. The fraction of sp³-hybridized carbons (Fsp3) is 0.381. The van der Waals surface area contributed by atoms with Crippen molar-refractivity contribution < 1.29 is 19.1 Å². The van der Waals surface area contributed by atoms with E-state index in [4.69, 9.17) is 4.74 Å². The van der Waals surface area contributed by atoms with Crippen LogP contribution >= 0.6 is 11.3 Å². The maximum atomic E-state index is 12.6. The molecule has 0 bridgehead atoms. The van der Waals surface area contributed by atoms with E-state index in [1.165, 1.54) is 0 Å². The van der Waals surface area contributed by atoms with Crippen molar-refractivity contribution in [3.8, 4) is 0 Å². The lowest BCUT2D eigenvalue weighted by molar-refractivity contribution is -0.116. The van der Waals surface area contributed by atoms with Crippen LogP contribution in [0.1, 0.15) is 56.9 Å². The zero-order valence-corrected chi connectivity index (χ0v) is 18.8. The number of amides is 2. The first-order valence-corrected chi connectivity index (χ1v) is 10.8. The van der Waals surface area contributed by atoms with Crippen molar-refractivity contribution in [3.05, 3.63) is 45.9 Å². The Hall–Kier alpha value is -3.27. The molecule has 0 radical (unpaired) electrons. The number of imidazole rings is 1. The highest BCUT2D eigenvalue weighted by Gasteiger charge is 2.18. The number of nitrogens with one attached hydrogen (secondary N) is 2. The number of hydrogen-bond donors (Lipinski definition) is 2. The van der Waals surface area contributed by atoms with Crippen LogP contribution in [-0.2, 0) is 9.53 Å². The van der Waals surface area contributed by atoms with E-state index in [9.17, 15) is 14.4 Å². The van der Waals surface area contributed by atoms with E-state index in [0.717, 1.165) is 22.5 Å². The van der Waals surface area contributed by atoms with Gasteiger partial charge in [-0.1, -0.05) is 17.4 Å². The van der Waals surface area contributed by atoms with Gasteiger partial charge in [-0.15, -0.1) is 0 Å². The number of rotatable bonds is 8. The first-order chi connectivity index (χ1) is 14.8. The molecule has 0 atom stereocenters. The number of hydrogen-bond acceptors (Lipinski definition) is 7. The number of thiazole rings is 1. The Kier molecular flexibility index (Phi) is 7.01. The standard InChI is InChI=1S/C21H25N5O4S/c1-5-30-20(29)17-14(4)24-21(31-17)25-15(27)9-6-10-22-19(28)16-13(3)23-18-12(2)8-7-11-26(16)18/h7-8,11H,5-6,9-10H2,1-4H3,(H,22,28)(H,24,25,27). The van der Waals surface area contributed by atoms with Crippen LogP contribution in [0.4, 0.5) is 5.13 Å². The number of carbonyl (C=O) groups excluding carboxylic acids is 3. The van der Waals surface area contributed by atoms with Crippen LogP contribution in [0.15, 0.2) is 18.3 Å². The van der Waals surface area contributed by atoms with Crippen molar-refractivity contribution >= 4 is 39.9 Å². The first-order valence-electron chi connectivity index (χ1n) is 9.98. The number of esters is 1. The third-order valence-electron chi connectivity index (χ3n) is 4.60. The van der Waals surface area contributed by atoms with Gasteiger partial charge in [0.05, 0.1) is 18.0 Å². The van der Waals surface area contributed by atoms with E-state index in [0.29, 0.717) is 40.1 Å². The van der Waals surface area contributed by atoms with E-state index in [1.807, 2.05) is 25.3 Å². The summed E-state index contributed by atoms with van der Waals surface area (Å²) in [6.07, 6.45) is 2.48. The topological polar surface area (TPSA) is 115 Å². The van der Waals surface area contributed by atoms with Gasteiger partial charge in [0.15, 0.2) is 5.13 Å². The monoisotopic (exact) mass is 443 g/mol. The molecule has 31 heavy (non-hydrogen) atoms. The van der Waals surface area contributed by atoms with Crippen LogP contribution in [0.25, 0.3) is 5.65 Å². The maximum absolute atomic E-state index is 12.6. The zero-order chi connectivity index (χ0) is 22.5. The molecule has 0 saturated heterocycles. The lowest BCUT2D eigenvalue weighted by Crippen LogP contribution is -2.27. The number of ether oxygens (including phenoxy) is 1. The molecule has 3 heterocycles. The van der Waals surface area contributed by atoms with Crippen LogP contribution in [0.5, 0.6) is 0 Å². The Bertz CT molecular complexity index is 1130. The van der Waals surface area contributed by atoms with Crippen LogP contribution < -0.4 is 10.6 Å². The van der Waals surface area contributed by atoms with Gasteiger partial charge in [0, 0.05) is 19.2 Å². The van der Waals surface area contributed by atoms with Gasteiger partial charge < -0.3 is 15.4 Å². The average molecular weight is 444 g/mol. The van der Waals surface area contributed by atoms with Crippen molar-refractivity contribution in [1.82, 2.24) is 19.7 Å². The van der Waals surface area contributed by atoms with Crippen LogP contribution in [0.2, 0.25) is 0 Å². The van der Waals surface area contributed by atoms with Gasteiger partial charge >= 0.3 is 5.97 Å². The highest BCUT2D eigenvalue weighted by Crippen LogP contribution is 2.23. The second kappa shape index (κ2) is 9.69. The molecule has 164 valence electrons. The summed E-state index contributed by atoms with van der Waals surface area (Å²) in [6.45, 7) is 7.79. The van der Waals surface area contributed by atoms with Crippen molar-refractivity contribution in [2.75, 3.05) is 18.5 Å². The minimum atomic E-state index is -0.446. The van der Waals surface area contributed by atoms with Gasteiger partial charge in [-0.3, -0.25) is 14.0 Å². The van der Waals surface area contributed by atoms with E-state index in [-0.39, 0.29) is 24.8 Å². The Labute approximate surface area is 183 Å². The highest BCUT2D eigenvalue weighted by molar-refractivity contribution is 7.17. The summed E-state index contributed by atoms with van der Waals surface area (Å²) in [5.74, 6) is -0.913. The molecule has 3 rings (SSSR count). The molecule has 10 heteroatoms. The van der Waals surface area contributed by atoms with Gasteiger partial charge in [-0.2, -0.15) is 0 Å². The molecule has 0 spiro atoms. The average Bonchev–Trinajstić information content (AvgIpc) is 3.25. The maximum Gasteiger partial charge on any atom is 0.350 e. The van der Waals surface area contributed by atoms with E-state index in [2.05, 4.69) is 20.6 Å². The number of fused-ring (bicyclic) bond motifs is 1. The van der Waals surface area contributed by atoms with Crippen molar-refractivity contribution in [3.63, 3.8) is 0 Å². The van der Waals surface area contributed by atoms with Crippen LogP contribution in [0, 0.1) is 20.8 Å². The van der Waals surface area contributed by atoms with Gasteiger partial charge in [-0.05, 0) is 45.7 Å². The number of aryl methyl sites for hydroxylation is 3. The molecule has 3 aromatic heterocycles. The summed E-state index contributed by atoms with van der Waals surface area (Å²) in [5.41, 5.74) is 3.41. The SMILES string of the molecule is CCOC(=O)c1sc(NC(=O)CCCNC(=O)c2c(C)nc3c(C)cccn23)nc1C. The second-order valence-corrected chi connectivity index (χ2v) is 7.99. The Balaban J connectivity index is 1.50. The summed E-state index contributed by atoms with van der Waals surface area (Å²) >= 11 is 1.09. The zero-order valence-electron chi connectivity index (χ0n) is 17.9. The van der Waals surface area contributed by atoms with Crippen molar-refractivity contribution in [2.24, 2.45) is 0 Å². The lowest BCUT2D eigenvalue weighted by Gasteiger charge is -2.06. The molecular formula is C21H25N5O4S. The highest BCUT2D eigenvalue weighted by atomic mass is 32.1. The van der Waals surface area contributed by atoms with E-state index in [1.54, 1.807) is 25.2 Å². The van der Waals surface area contributed by atoms with E-state index >= 15 is 0 Å². The second-order valence-electron chi connectivity index (χ2n) is 6.99. The van der Waals surface area contributed by atoms with Crippen LogP contribution in [0.3, 0.4) is 0 Å². The number of aromatic nitrogens is 3. The molecule has 0 aliphatic carbocycles. The summed E-state index contributed by atoms with van der Waals surface area (Å²) in [7, 11) is 0. The predicted octanol–water partition coefficient (Wildman–Crippen LogP) is 3.04. The van der Waals surface area contributed by atoms with Gasteiger partial charge in [0.1, 0.15) is 16.2 Å². The summed E-state index contributed by atoms with van der Waals surface area (Å²) in [5, 5.41) is 5.89. The van der Waals surface area contributed by atoms with Crippen molar-refractivity contribution in [2.45, 2.75) is 40.5 Å². The normalized spacial score (nSPS) is 10.8. The fourth-order valence-corrected chi connectivity index (χ4v) is 4.02. The molecule has 2 amide bonds. The molecule has 3 aromatic rings. The molecule has 9 nitrogen and oxygen atoms in total. The summed E-state index contributed by atoms with van der Waals surface area (Å²) in [6, 6.07) is 3.82. The lowest BCUT2D eigenvalue weighted by atomic mass is 10.2. The summed E-state index contributed by atoms with van der Waals surface area (Å²) < 4.78 is 6.75. The smallest absolute Gasteiger partial charge is 0.350 e. The largest absolute Gasteiger partial charge is 0.462 e.